The Morgan fingerprint density at radius 3 is 0.944 bits per heavy atom. The van der Waals surface area contributed by atoms with Gasteiger partial charge in [-0.3, -0.25) is 43.2 Å². The van der Waals surface area contributed by atoms with Crippen molar-refractivity contribution < 1.29 is 48.3 Å². The molecule has 0 heterocycles. The van der Waals surface area contributed by atoms with Crippen LogP contribution in [0.5, 0.6) is 0 Å². The molecule has 15 N–H and O–H groups in total. The zero-order valence-electron chi connectivity index (χ0n) is 32.2. The summed E-state index contributed by atoms with van der Waals surface area (Å²) in [6, 6.07) is -9.92. The zero-order chi connectivity index (χ0) is 41.7. The number of rotatable bonds is 25. The van der Waals surface area contributed by atoms with Crippen LogP contribution in [0.3, 0.4) is 0 Å². The molecule has 0 saturated carbocycles. The van der Waals surface area contributed by atoms with Crippen LogP contribution in [0.15, 0.2) is 0 Å². The number of amides is 8. The normalized spacial score (nSPS) is 15.9. The van der Waals surface area contributed by atoms with Gasteiger partial charge >= 0.3 is 5.97 Å². The summed E-state index contributed by atoms with van der Waals surface area (Å²) in [6.45, 7) is 10.2. The Labute approximate surface area is 315 Å². The van der Waals surface area contributed by atoms with Crippen LogP contribution < -0.4 is 59.7 Å². The third-order valence-electron chi connectivity index (χ3n) is 8.06. The number of hydrogen-bond donors (Lipinski definition) is 12. The third kappa shape index (κ3) is 18.7. The maximum absolute atomic E-state index is 13.1. The first-order valence-corrected chi connectivity index (χ1v) is 18.0. The van der Waals surface area contributed by atoms with Gasteiger partial charge in [0.15, 0.2) is 0 Å². The summed E-state index contributed by atoms with van der Waals surface area (Å²) in [4.78, 5) is 113. The second-order valence-electron chi connectivity index (χ2n) is 13.2. The van der Waals surface area contributed by atoms with E-state index in [2.05, 4.69) is 42.5 Å². The Balaban J connectivity index is 5.37. The molecule has 0 saturated heterocycles. The molecule has 0 bridgehead atoms. The second kappa shape index (κ2) is 25.2. The van der Waals surface area contributed by atoms with Crippen LogP contribution >= 0.6 is 0 Å². The second-order valence-corrected chi connectivity index (χ2v) is 13.2. The van der Waals surface area contributed by atoms with Crippen molar-refractivity contribution in [2.24, 2.45) is 17.2 Å². The van der Waals surface area contributed by atoms with Crippen molar-refractivity contribution in [3.8, 4) is 0 Å². The largest absolute Gasteiger partial charge is 0.480 e. The maximum Gasteiger partial charge on any atom is 0.325 e. The fourth-order valence-corrected chi connectivity index (χ4v) is 4.49. The fourth-order valence-electron chi connectivity index (χ4n) is 4.49. The number of hydrogen-bond acceptors (Lipinski definition) is 12. The summed E-state index contributed by atoms with van der Waals surface area (Å²) in [7, 11) is 0. The number of carboxylic acids is 1. The van der Waals surface area contributed by atoms with Crippen molar-refractivity contribution in [2.75, 3.05) is 13.1 Å². The Bertz CT molecular complexity index is 1320. The highest BCUT2D eigenvalue weighted by Crippen LogP contribution is 2.05. The topological polar surface area (TPSA) is 348 Å². The first-order valence-electron chi connectivity index (χ1n) is 18.0. The Morgan fingerprint density at radius 2 is 0.667 bits per heavy atom. The van der Waals surface area contributed by atoms with Gasteiger partial charge in [0.25, 0.3) is 0 Å². The third-order valence-corrected chi connectivity index (χ3v) is 8.06. The number of carbonyl (C=O) groups excluding carboxylic acids is 8. The fraction of sp³-hybridized carbons (Fsp3) is 0.727. The number of carboxylic acid groups (broad SMARTS) is 1. The minimum atomic E-state index is -1.27. The van der Waals surface area contributed by atoms with Gasteiger partial charge in [0.1, 0.15) is 48.3 Å². The van der Waals surface area contributed by atoms with Gasteiger partial charge < -0.3 is 64.8 Å². The van der Waals surface area contributed by atoms with E-state index in [4.69, 9.17) is 22.3 Å². The van der Waals surface area contributed by atoms with Crippen molar-refractivity contribution in [3.63, 3.8) is 0 Å². The van der Waals surface area contributed by atoms with E-state index in [1.54, 1.807) is 0 Å². The van der Waals surface area contributed by atoms with Crippen molar-refractivity contribution >= 4 is 53.2 Å². The highest BCUT2D eigenvalue weighted by Gasteiger charge is 2.30. The van der Waals surface area contributed by atoms with E-state index in [0.29, 0.717) is 38.8 Å². The molecule has 0 rings (SSSR count). The molecule has 0 aliphatic carbocycles. The standard InChI is InChI=1S/C33H61N11O10/c1-16(36)25(45)37-20(5)29(49)43-23(12-8-10-14-34)31(51)40-18(3)27(47)38-17(2)26(46)39-21(6)30(50)44-24(13-9-11-15-35)32(52)41-19(4)28(48)42-22(7)33(53)54/h16-24H,8-15,34-36H2,1-7H3,(H,37,45)(H,38,47)(H,39,46)(H,40,51)(H,41,52)(H,42,48)(H,43,49)(H,44,50)(H,53,54). The number of aliphatic carboxylic acids is 1. The first kappa shape index (κ1) is 49.1. The average Bonchev–Trinajstić information content (AvgIpc) is 3.09. The van der Waals surface area contributed by atoms with Crippen LogP contribution in [-0.2, 0) is 43.2 Å². The predicted molar refractivity (Wildman–Crippen MR) is 197 cm³/mol. The van der Waals surface area contributed by atoms with Crippen molar-refractivity contribution in [3.05, 3.63) is 0 Å². The molecule has 0 aromatic rings. The lowest BCUT2D eigenvalue weighted by atomic mass is 10.1. The molecule has 54 heavy (non-hydrogen) atoms. The van der Waals surface area contributed by atoms with Crippen molar-refractivity contribution in [1.82, 2.24) is 42.5 Å². The monoisotopic (exact) mass is 771 g/mol. The average molecular weight is 772 g/mol. The lowest BCUT2D eigenvalue weighted by molar-refractivity contribution is -0.141. The van der Waals surface area contributed by atoms with E-state index in [0.717, 1.165) is 0 Å². The van der Waals surface area contributed by atoms with Crippen molar-refractivity contribution in [2.45, 2.75) is 141 Å². The van der Waals surface area contributed by atoms with Gasteiger partial charge in [-0.05, 0) is 100 Å². The minimum Gasteiger partial charge on any atom is -0.480 e. The van der Waals surface area contributed by atoms with Gasteiger partial charge in [0.05, 0.1) is 6.04 Å². The molecule has 21 heteroatoms. The SMILES string of the molecule is CC(N)C(=O)NC(C)C(=O)NC(CCCCN)C(=O)NC(C)C(=O)NC(C)C(=O)NC(C)C(=O)NC(CCCCN)C(=O)NC(C)C(=O)NC(C)C(=O)O. The summed E-state index contributed by atoms with van der Waals surface area (Å²) in [5.74, 6) is -6.89. The van der Waals surface area contributed by atoms with Gasteiger partial charge in [-0.2, -0.15) is 0 Å². The van der Waals surface area contributed by atoms with Crippen LogP contribution in [0.4, 0.5) is 0 Å². The highest BCUT2D eigenvalue weighted by molar-refractivity contribution is 5.97. The van der Waals surface area contributed by atoms with E-state index >= 15 is 0 Å². The van der Waals surface area contributed by atoms with Crippen molar-refractivity contribution in [1.29, 1.82) is 0 Å². The molecule has 0 aliphatic rings. The molecule has 0 aromatic carbocycles. The number of unbranched alkanes of at least 4 members (excludes halogenated alkanes) is 2. The van der Waals surface area contributed by atoms with Gasteiger partial charge in [-0.25, -0.2) is 0 Å². The van der Waals surface area contributed by atoms with Crippen LogP contribution in [0.1, 0.15) is 87.0 Å². The summed E-state index contributed by atoms with van der Waals surface area (Å²) in [5.41, 5.74) is 16.6. The van der Waals surface area contributed by atoms with E-state index in [1.807, 2.05) is 0 Å². The van der Waals surface area contributed by atoms with E-state index in [-0.39, 0.29) is 12.8 Å². The predicted octanol–water partition coefficient (Wildman–Crippen LogP) is -4.33. The zero-order valence-corrected chi connectivity index (χ0v) is 32.2. The minimum absolute atomic E-state index is 0.145. The Kier molecular flexibility index (Phi) is 22.9. The lowest BCUT2D eigenvalue weighted by Gasteiger charge is -2.25. The van der Waals surface area contributed by atoms with Crippen LogP contribution in [0, 0.1) is 0 Å². The Hall–Kier alpha value is -4.89. The molecule has 308 valence electrons. The van der Waals surface area contributed by atoms with Gasteiger partial charge in [-0.1, -0.05) is 0 Å². The molecule has 21 nitrogen and oxygen atoms in total. The number of nitrogens with one attached hydrogen (secondary N) is 8. The van der Waals surface area contributed by atoms with Crippen LogP contribution in [0.25, 0.3) is 0 Å². The quantitative estimate of drug-likeness (QED) is 0.0391. The lowest BCUT2D eigenvalue weighted by Crippen LogP contribution is -2.58. The molecule has 0 radical (unpaired) electrons. The summed E-state index contributed by atoms with van der Waals surface area (Å²) in [6.07, 6.45) is 2.34. The van der Waals surface area contributed by atoms with Gasteiger partial charge in [0.2, 0.25) is 47.3 Å². The van der Waals surface area contributed by atoms with E-state index in [1.165, 1.54) is 48.5 Å². The van der Waals surface area contributed by atoms with Crippen LogP contribution in [-0.4, -0.2) is 126 Å². The van der Waals surface area contributed by atoms with Crippen LogP contribution in [0.2, 0.25) is 0 Å². The molecular weight excluding hydrogens is 710 g/mol. The molecule has 0 fully saturated rings. The number of carbonyl (C=O) groups is 9. The highest BCUT2D eigenvalue weighted by atomic mass is 16.4. The van der Waals surface area contributed by atoms with E-state index < -0.39 is 108 Å². The smallest absolute Gasteiger partial charge is 0.325 e. The molecule has 9 unspecified atom stereocenters. The Morgan fingerprint density at radius 1 is 0.407 bits per heavy atom. The maximum atomic E-state index is 13.1. The van der Waals surface area contributed by atoms with E-state index in [9.17, 15) is 43.2 Å². The molecule has 0 spiro atoms. The summed E-state index contributed by atoms with van der Waals surface area (Å²) < 4.78 is 0. The molecule has 0 aliphatic heterocycles. The summed E-state index contributed by atoms with van der Waals surface area (Å²) in [5, 5.41) is 28.6. The molecule has 9 atom stereocenters. The summed E-state index contributed by atoms with van der Waals surface area (Å²) >= 11 is 0. The molecule has 0 aromatic heterocycles. The van der Waals surface area contributed by atoms with Gasteiger partial charge in [0, 0.05) is 0 Å². The van der Waals surface area contributed by atoms with Gasteiger partial charge in [-0.15, -0.1) is 0 Å². The number of nitrogens with two attached hydrogens (primary N) is 3. The molecule has 8 amide bonds. The molecular formula is C33H61N11O10. The first-order chi connectivity index (χ1) is 25.2.